The van der Waals surface area contributed by atoms with Crippen LogP contribution in [0.25, 0.3) is 0 Å². The van der Waals surface area contributed by atoms with Gasteiger partial charge in [0, 0.05) is 23.9 Å². The Morgan fingerprint density at radius 2 is 2.10 bits per heavy atom. The van der Waals surface area contributed by atoms with Crippen molar-refractivity contribution in [2.45, 2.75) is 45.7 Å². The van der Waals surface area contributed by atoms with E-state index < -0.39 is 5.97 Å². The van der Waals surface area contributed by atoms with Crippen LogP contribution in [0.1, 0.15) is 44.5 Å². The van der Waals surface area contributed by atoms with Crippen molar-refractivity contribution >= 4 is 23.3 Å². The fourth-order valence-corrected chi connectivity index (χ4v) is 2.61. The molecule has 0 aliphatic heterocycles. The fourth-order valence-electron chi connectivity index (χ4n) is 1.87. The lowest BCUT2D eigenvalue weighted by Crippen LogP contribution is -2.45. The summed E-state index contributed by atoms with van der Waals surface area (Å²) < 4.78 is 0. The number of nitrogens with one attached hydrogen (secondary N) is 1. The Morgan fingerprint density at radius 1 is 1.40 bits per heavy atom. The lowest BCUT2D eigenvalue weighted by atomic mass is 10.2. The zero-order valence-electron chi connectivity index (χ0n) is 12.1. The summed E-state index contributed by atoms with van der Waals surface area (Å²) >= 11 is 1.60. The first-order valence-corrected chi connectivity index (χ1v) is 7.62. The van der Waals surface area contributed by atoms with Gasteiger partial charge < -0.3 is 15.3 Å². The molecule has 0 aromatic carbocycles. The molecule has 0 spiro atoms. The van der Waals surface area contributed by atoms with Crippen LogP contribution in [-0.4, -0.2) is 34.6 Å². The first-order chi connectivity index (χ1) is 9.41. The molecule has 1 rings (SSSR count). The number of carbonyl (C=O) groups excluding carboxylic acids is 1. The van der Waals surface area contributed by atoms with Crippen molar-refractivity contribution in [3.8, 4) is 0 Å². The highest BCUT2D eigenvalue weighted by molar-refractivity contribution is 7.10. The molecule has 112 valence electrons. The maximum atomic E-state index is 12.2. The van der Waals surface area contributed by atoms with Gasteiger partial charge in [-0.25, -0.2) is 4.79 Å². The Hall–Kier alpha value is -1.56. The van der Waals surface area contributed by atoms with Gasteiger partial charge in [-0.05, 0) is 38.6 Å². The monoisotopic (exact) mass is 298 g/mol. The summed E-state index contributed by atoms with van der Waals surface area (Å²) in [7, 11) is 0. The standard InChI is InChI=1S/C14H22N2O3S/c1-10(2)16(8-4-7-13(17)18)14(19)15-11(3)12-6-5-9-20-12/h5-6,9-11H,4,7-8H2,1-3H3,(H,15,19)(H,17,18). The van der Waals surface area contributed by atoms with Gasteiger partial charge in [0.2, 0.25) is 0 Å². The van der Waals surface area contributed by atoms with E-state index in [1.165, 1.54) is 0 Å². The molecule has 6 heteroatoms. The highest BCUT2D eigenvalue weighted by Crippen LogP contribution is 2.18. The smallest absolute Gasteiger partial charge is 0.318 e. The number of carboxylic acid groups (broad SMARTS) is 1. The zero-order chi connectivity index (χ0) is 15.1. The van der Waals surface area contributed by atoms with Gasteiger partial charge in [0.1, 0.15) is 0 Å². The first-order valence-electron chi connectivity index (χ1n) is 6.74. The van der Waals surface area contributed by atoms with Crippen LogP contribution in [0.5, 0.6) is 0 Å². The van der Waals surface area contributed by atoms with Gasteiger partial charge in [0.05, 0.1) is 6.04 Å². The molecule has 0 radical (unpaired) electrons. The predicted octanol–water partition coefficient (Wildman–Crippen LogP) is 3.09. The molecule has 0 saturated carbocycles. The van der Waals surface area contributed by atoms with Gasteiger partial charge in [-0.1, -0.05) is 6.07 Å². The van der Waals surface area contributed by atoms with E-state index in [9.17, 15) is 9.59 Å². The van der Waals surface area contributed by atoms with E-state index in [2.05, 4.69) is 5.32 Å². The van der Waals surface area contributed by atoms with E-state index in [1.54, 1.807) is 16.2 Å². The summed E-state index contributed by atoms with van der Waals surface area (Å²) in [6, 6.07) is 3.80. The second kappa shape index (κ2) is 7.89. The Labute approximate surface area is 123 Å². The molecular weight excluding hydrogens is 276 g/mol. The van der Waals surface area contributed by atoms with Crippen LogP contribution in [0.2, 0.25) is 0 Å². The largest absolute Gasteiger partial charge is 0.481 e. The minimum atomic E-state index is -0.832. The van der Waals surface area contributed by atoms with Gasteiger partial charge >= 0.3 is 12.0 Å². The molecule has 1 aromatic rings. The van der Waals surface area contributed by atoms with Gasteiger partial charge in [-0.3, -0.25) is 4.79 Å². The molecule has 0 bridgehead atoms. The molecule has 0 aliphatic rings. The van der Waals surface area contributed by atoms with Crippen molar-refractivity contribution in [2.24, 2.45) is 0 Å². The summed E-state index contributed by atoms with van der Waals surface area (Å²) in [5.74, 6) is -0.832. The first kappa shape index (κ1) is 16.5. The molecule has 2 N–H and O–H groups in total. The number of aliphatic carboxylic acids is 1. The van der Waals surface area contributed by atoms with E-state index in [0.717, 1.165) is 4.88 Å². The molecule has 1 heterocycles. The summed E-state index contributed by atoms with van der Waals surface area (Å²) in [5, 5.41) is 13.6. The number of nitrogens with zero attached hydrogens (tertiary/aromatic N) is 1. The number of rotatable bonds is 7. The summed E-state index contributed by atoms with van der Waals surface area (Å²) in [5.41, 5.74) is 0. The van der Waals surface area contributed by atoms with Crippen molar-refractivity contribution in [1.29, 1.82) is 0 Å². The molecule has 0 aliphatic carbocycles. The lowest BCUT2D eigenvalue weighted by molar-refractivity contribution is -0.137. The van der Waals surface area contributed by atoms with Crippen LogP contribution in [0, 0.1) is 0 Å². The second-order valence-corrected chi connectivity index (χ2v) is 5.95. The topological polar surface area (TPSA) is 69.6 Å². The van der Waals surface area contributed by atoms with Crippen LogP contribution < -0.4 is 5.32 Å². The van der Waals surface area contributed by atoms with E-state index in [-0.39, 0.29) is 24.5 Å². The molecule has 20 heavy (non-hydrogen) atoms. The van der Waals surface area contributed by atoms with Gasteiger partial charge in [-0.15, -0.1) is 11.3 Å². The van der Waals surface area contributed by atoms with Crippen molar-refractivity contribution in [3.63, 3.8) is 0 Å². The van der Waals surface area contributed by atoms with Gasteiger partial charge in [-0.2, -0.15) is 0 Å². The predicted molar refractivity (Wildman–Crippen MR) is 80.0 cm³/mol. The minimum absolute atomic E-state index is 0.0387. The molecule has 1 atom stereocenters. The fraction of sp³-hybridized carbons (Fsp3) is 0.571. The quantitative estimate of drug-likeness (QED) is 0.812. The van der Waals surface area contributed by atoms with Crippen molar-refractivity contribution in [3.05, 3.63) is 22.4 Å². The molecule has 5 nitrogen and oxygen atoms in total. The lowest BCUT2D eigenvalue weighted by Gasteiger charge is -2.28. The average Bonchev–Trinajstić information content (AvgIpc) is 2.87. The SMILES string of the molecule is CC(NC(=O)N(CCCC(=O)O)C(C)C)c1cccs1. The maximum Gasteiger partial charge on any atom is 0.318 e. The minimum Gasteiger partial charge on any atom is -0.481 e. The molecule has 0 fully saturated rings. The molecular formula is C14H22N2O3S. The second-order valence-electron chi connectivity index (χ2n) is 4.97. The average molecular weight is 298 g/mol. The highest BCUT2D eigenvalue weighted by Gasteiger charge is 2.19. The zero-order valence-corrected chi connectivity index (χ0v) is 12.9. The van der Waals surface area contributed by atoms with E-state index >= 15 is 0 Å². The van der Waals surface area contributed by atoms with Crippen LogP contribution >= 0.6 is 11.3 Å². The van der Waals surface area contributed by atoms with Gasteiger partial charge in [0.25, 0.3) is 0 Å². The third-order valence-corrected chi connectivity index (χ3v) is 4.04. The van der Waals surface area contributed by atoms with Crippen molar-refractivity contribution in [2.75, 3.05) is 6.54 Å². The van der Waals surface area contributed by atoms with Crippen molar-refractivity contribution < 1.29 is 14.7 Å². The number of urea groups is 1. The number of hydrogen-bond acceptors (Lipinski definition) is 3. The van der Waals surface area contributed by atoms with Gasteiger partial charge in [0.15, 0.2) is 0 Å². The summed E-state index contributed by atoms with van der Waals surface area (Å²) in [6.45, 7) is 6.25. The molecule has 0 saturated heterocycles. The number of carboxylic acids is 1. The maximum absolute atomic E-state index is 12.2. The van der Waals surface area contributed by atoms with Crippen LogP contribution in [-0.2, 0) is 4.79 Å². The third kappa shape index (κ3) is 5.21. The third-order valence-electron chi connectivity index (χ3n) is 2.98. The Kier molecular flexibility index (Phi) is 6.51. The van der Waals surface area contributed by atoms with Crippen molar-refractivity contribution in [1.82, 2.24) is 10.2 Å². The summed E-state index contributed by atoms with van der Waals surface area (Å²) in [4.78, 5) is 25.6. The van der Waals surface area contributed by atoms with Crippen LogP contribution in [0.3, 0.4) is 0 Å². The normalized spacial score (nSPS) is 12.2. The molecule has 1 aromatic heterocycles. The van der Waals surface area contributed by atoms with E-state index in [0.29, 0.717) is 13.0 Å². The number of hydrogen-bond donors (Lipinski definition) is 2. The summed E-state index contributed by atoms with van der Waals surface area (Å²) in [6.07, 6.45) is 0.547. The Morgan fingerprint density at radius 3 is 2.60 bits per heavy atom. The van der Waals surface area contributed by atoms with Crippen LogP contribution in [0.15, 0.2) is 17.5 Å². The number of amides is 2. The van der Waals surface area contributed by atoms with E-state index in [4.69, 9.17) is 5.11 Å². The molecule has 1 unspecified atom stereocenters. The number of carbonyl (C=O) groups is 2. The Bertz CT molecular complexity index is 432. The highest BCUT2D eigenvalue weighted by atomic mass is 32.1. The Balaban J connectivity index is 2.53. The van der Waals surface area contributed by atoms with E-state index in [1.807, 2.05) is 38.3 Å². The number of thiophene rings is 1. The van der Waals surface area contributed by atoms with Crippen LogP contribution in [0.4, 0.5) is 4.79 Å². The molecule has 2 amide bonds.